The van der Waals surface area contributed by atoms with Crippen molar-refractivity contribution >= 4 is 11.6 Å². The maximum Gasteiger partial charge on any atom is 0.254 e. The summed E-state index contributed by atoms with van der Waals surface area (Å²) in [5, 5.41) is 2.86. The number of halogens is 1. The Labute approximate surface area is 129 Å². The molecule has 114 valence electrons. The lowest BCUT2D eigenvalue weighted by Gasteiger charge is -2.27. The Bertz CT molecular complexity index is 645. The monoisotopic (exact) mass is 298 g/mol. The zero-order valence-electron chi connectivity index (χ0n) is 12.3. The molecule has 4 heteroatoms. The van der Waals surface area contributed by atoms with Crippen LogP contribution in [0.5, 0.6) is 0 Å². The molecule has 0 spiro atoms. The van der Waals surface area contributed by atoms with Crippen LogP contribution in [-0.4, -0.2) is 25.0 Å². The number of hydrogen-bond donors (Lipinski definition) is 1. The van der Waals surface area contributed by atoms with Gasteiger partial charge >= 0.3 is 0 Å². The summed E-state index contributed by atoms with van der Waals surface area (Å²) in [4.78, 5) is 14.4. The van der Waals surface area contributed by atoms with Crippen LogP contribution < -0.4 is 10.2 Å². The summed E-state index contributed by atoms with van der Waals surface area (Å²) in [5.74, 6) is -0.829. The molecular formula is C18H19FN2O. The molecule has 1 unspecified atom stereocenters. The largest absolute Gasteiger partial charge is 0.367 e. The van der Waals surface area contributed by atoms with E-state index in [0.717, 1.165) is 19.4 Å². The molecular weight excluding hydrogens is 279 g/mol. The highest BCUT2D eigenvalue weighted by Gasteiger charge is 2.25. The van der Waals surface area contributed by atoms with Crippen molar-refractivity contribution in [3.05, 3.63) is 66.0 Å². The summed E-state index contributed by atoms with van der Waals surface area (Å²) in [7, 11) is 0. The van der Waals surface area contributed by atoms with E-state index in [1.165, 1.54) is 17.8 Å². The third kappa shape index (κ3) is 3.11. The predicted octanol–water partition coefficient (Wildman–Crippen LogP) is 3.22. The van der Waals surface area contributed by atoms with Gasteiger partial charge in [0.15, 0.2) is 0 Å². The summed E-state index contributed by atoms with van der Waals surface area (Å²) in [5.41, 5.74) is 1.27. The van der Waals surface area contributed by atoms with Crippen LogP contribution in [0.2, 0.25) is 0 Å². The van der Waals surface area contributed by atoms with E-state index in [1.54, 1.807) is 12.1 Å². The van der Waals surface area contributed by atoms with Gasteiger partial charge in [-0.1, -0.05) is 30.3 Å². The first-order chi connectivity index (χ1) is 10.8. The van der Waals surface area contributed by atoms with Crippen LogP contribution in [0.3, 0.4) is 0 Å². The Morgan fingerprint density at radius 3 is 2.64 bits per heavy atom. The smallest absolute Gasteiger partial charge is 0.254 e. The van der Waals surface area contributed by atoms with E-state index in [1.807, 2.05) is 18.2 Å². The van der Waals surface area contributed by atoms with Crippen LogP contribution in [0.4, 0.5) is 10.1 Å². The Kier molecular flexibility index (Phi) is 4.37. The van der Waals surface area contributed by atoms with E-state index in [9.17, 15) is 9.18 Å². The van der Waals surface area contributed by atoms with Crippen molar-refractivity contribution in [1.29, 1.82) is 0 Å². The van der Waals surface area contributed by atoms with Crippen molar-refractivity contribution in [2.24, 2.45) is 0 Å². The van der Waals surface area contributed by atoms with Gasteiger partial charge in [0.1, 0.15) is 5.82 Å². The van der Waals surface area contributed by atoms with E-state index >= 15 is 0 Å². The summed E-state index contributed by atoms with van der Waals surface area (Å²) in [6, 6.07) is 16.5. The normalized spacial score (nSPS) is 17.5. The molecule has 1 amide bonds. The highest BCUT2D eigenvalue weighted by Crippen LogP contribution is 2.24. The van der Waals surface area contributed by atoms with E-state index in [0.29, 0.717) is 6.54 Å². The Balaban J connectivity index is 1.64. The molecule has 1 aliphatic heterocycles. The van der Waals surface area contributed by atoms with Crippen LogP contribution in [-0.2, 0) is 0 Å². The van der Waals surface area contributed by atoms with Crippen LogP contribution in [0.15, 0.2) is 54.6 Å². The SMILES string of the molecule is O=C(NCC1CCCN1c1ccccc1)c1ccccc1F. The summed E-state index contributed by atoms with van der Waals surface area (Å²) in [6.45, 7) is 1.52. The third-order valence-electron chi connectivity index (χ3n) is 4.08. The molecule has 0 radical (unpaired) electrons. The highest BCUT2D eigenvalue weighted by atomic mass is 19.1. The molecule has 1 atom stereocenters. The van der Waals surface area contributed by atoms with E-state index in [4.69, 9.17) is 0 Å². The second-order valence-electron chi connectivity index (χ2n) is 5.51. The van der Waals surface area contributed by atoms with Gasteiger partial charge in [0.05, 0.1) is 5.56 Å². The average molecular weight is 298 g/mol. The lowest BCUT2D eigenvalue weighted by molar-refractivity contribution is 0.0947. The van der Waals surface area contributed by atoms with Crippen molar-refractivity contribution < 1.29 is 9.18 Å². The van der Waals surface area contributed by atoms with Crippen LogP contribution >= 0.6 is 0 Å². The van der Waals surface area contributed by atoms with Crippen LogP contribution in [0.1, 0.15) is 23.2 Å². The topological polar surface area (TPSA) is 32.3 Å². The molecule has 0 saturated carbocycles. The molecule has 22 heavy (non-hydrogen) atoms. The van der Waals surface area contributed by atoms with E-state index in [2.05, 4.69) is 22.3 Å². The van der Waals surface area contributed by atoms with E-state index in [-0.39, 0.29) is 17.5 Å². The lowest BCUT2D eigenvalue weighted by Crippen LogP contribution is -2.40. The third-order valence-corrected chi connectivity index (χ3v) is 4.08. The van der Waals surface area contributed by atoms with Gasteiger partial charge in [-0.05, 0) is 37.1 Å². The summed E-state index contributed by atoms with van der Waals surface area (Å²) < 4.78 is 13.6. The fourth-order valence-corrected chi connectivity index (χ4v) is 2.96. The van der Waals surface area contributed by atoms with Gasteiger partial charge < -0.3 is 10.2 Å². The molecule has 0 aliphatic carbocycles. The molecule has 3 nitrogen and oxygen atoms in total. The second kappa shape index (κ2) is 6.60. The molecule has 1 aliphatic rings. The molecule has 1 heterocycles. The number of nitrogens with one attached hydrogen (secondary N) is 1. The minimum atomic E-state index is -0.480. The molecule has 2 aromatic rings. The zero-order chi connectivity index (χ0) is 15.4. The quantitative estimate of drug-likeness (QED) is 0.940. The first-order valence-corrected chi connectivity index (χ1v) is 7.60. The number of amides is 1. The molecule has 1 fully saturated rings. The van der Waals surface area contributed by atoms with Crippen molar-refractivity contribution in [2.45, 2.75) is 18.9 Å². The summed E-state index contributed by atoms with van der Waals surface area (Å²) >= 11 is 0. The molecule has 1 N–H and O–H groups in total. The number of anilines is 1. The first kappa shape index (κ1) is 14.6. The number of carbonyl (C=O) groups is 1. The summed E-state index contributed by atoms with van der Waals surface area (Å²) in [6.07, 6.45) is 2.14. The number of hydrogen-bond acceptors (Lipinski definition) is 2. The van der Waals surface area contributed by atoms with Crippen molar-refractivity contribution in [3.8, 4) is 0 Å². The number of carbonyl (C=O) groups excluding carboxylic acids is 1. The minimum absolute atomic E-state index is 0.103. The molecule has 0 bridgehead atoms. The minimum Gasteiger partial charge on any atom is -0.367 e. The Hall–Kier alpha value is -2.36. The maximum absolute atomic E-state index is 13.6. The van der Waals surface area contributed by atoms with Gasteiger partial charge in [0.25, 0.3) is 5.91 Å². The number of benzene rings is 2. The Morgan fingerprint density at radius 2 is 1.86 bits per heavy atom. The van der Waals surface area contributed by atoms with Crippen molar-refractivity contribution in [3.63, 3.8) is 0 Å². The van der Waals surface area contributed by atoms with Gasteiger partial charge in [-0.25, -0.2) is 4.39 Å². The van der Waals surface area contributed by atoms with Gasteiger partial charge in [0.2, 0.25) is 0 Å². The van der Waals surface area contributed by atoms with Gasteiger partial charge in [-0.3, -0.25) is 4.79 Å². The predicted molar refractivity (Wildman–Crippen MR) is 85.5 cm³/mol. The fourth-order valence-electron chi connectivity index (χ4n) is 2.96. The first-order valence-electron chi connectivity index (χ1n) is 7.60. The maximum atomic E-state index is 13.6. The van der Waals surface area contributed by atoms with Crippen LogP contribution in [0.25, 0.3) is 0 Å². The van der Waals surface area contributed by atoms with Crippen LogP contribution in [0, 0.1) is 5.82 Å². The molecule has 2 aromatic carbocycles. The number of nitrogens with zero attached hydrogens (tertiary/aromatic N) is 1. The zero-order valence-corrected chi connectivity index (χ0v) is 12.3. The van der Waals surface area contributed by atoms with E-state index < -0.39 is 5.82 Å². The lowest BCUT2D eigenvalue weighted by atomic mass is 10.1. The standard InChI is InChI=1S/C18H19FN2O/c19-17-11-5-4-10-16(17)18(22)20-13-15-9-6-12-21(15)14-7-2-1-3-8-14/h1-5,7-8,10-11,15H,6,9,12-13H2,(H,20,22). The average Bonchev–Trinajstić information content (AvgIpc) is 3.02. The van der Waals surface area contributed by atoms with Gasteiger partial charge in [0, 0.05) is 24.8 Å². The number of para-hydroxylation sites is 1. The molecule has 3 rings (SSSR count). The Morgan fingerprint density at radius 1 is 1.14 bits per heavy atom. The molecule has 0 aromatic heterocycles. The van der Waals surface area contributed by atoms with Gasteiger partial charge in [-0.2, -0.15) is 0 Å². The van der Waals surface area contributed by atoms with Gasteiger partial charge in [-0.15, -0.1) is 0 Å². The number of rotatable bonds is 4. The fraction of sp³-hybridized carbons (Fsp3) is 0.278. The van der Waals surface area contributed by atoms with Crippen molar-refractivity contribution in [1.82, 2.24) is 5.32 Å². The highest BCUT2D eigenvalue weighted by molar-refractivity contribution is 5.94. The second-order valence-corrected chi connectivity index (χ2v) is 5.51. The molecule has 1 saturated heterocycles. The van der Waals surface area contributed by atoms with Crippen molar-refractivity contribution in [2.75, 3.05) is 18.0 Å².